The van der Waals surface area contributed by atoms with Crippen LogP contribution in [0.3, 0.4) is 0 Å². The molecule has 1 heterocycles. The fraction of sp³-hybridized carbons (Fsp3) is 0.231. The van der Waals surface area contributed by atoms with Crippen molar-refractivity contribution in [2.24, 2.45) is 0 Å². The van der Waals surface area contributed by atoms with Crippen molar-refractivity contribution in [2.45, 2.75) is 5.92 Å². The van der Waals surface area contributed by atoms with Gasteiger partial charge in [-0.2, -0.15) is 5.26 Å². The van der Waals surface area contributed by atoms with Crippen molar-refractivity contribution in [3.05, 3.63) is 42.0 Å². The van der Waals surface area contributed by atoms with Gasteiger partial charge in [-0.25, -0.2) is 4.98 Å². The Morgan fingerprint density at radius 2 is 2.06 bits per heavy atom. The van der Waals surface area contributed by atoms with Crippen LogP contribution in [0.5, 0.6) is 11.5 Å². The van der Waals surface area contributed by atoms with Crippen molar-refractivity contribution in [1.82, 2.24) is 9.97 Å². The fourth-order valence-corrected chi connectivity index (χ4v) is 1.76. The summed E-state index contributed by atoms with van der Waals surface area (Å²) in [5.41, 5.74) is 0.810. The molecule has 0 saturated heterocycles. The molecule has 1 atom stereocenters. The number of methoxy groups -OCH3 is 2. The zero-order valence-corrected chi connectivity index (χ0v) is 10.2. The van der Waals surface area contributed by atoms with Gasteiger partial charge in [0.2, 0.25) is 0 Å². The van der Waals surface area contributed by atoms with Gasteiger partial charge in [0.1, 0.15) is 11.7 Å². The third-order valence-electron chi connectivity index (χ3n) is 2.66. The Morgan fingerprint density at radius 1 is 1.28 bits per heavy atom. The number of aromatic nitrogens is 2. The minimum atomic E-state index is -0.445. The third kappa shape index (κ3) is 2.13. The lowest BCUT2D eigenvalue weighted by Crippen LogP contribution is -2.01. The maximum atomic E-state index is 9.26. The maximum Gasteiger partial charge on any atom is 0.161 e. The molecule has 1 unspecified atom stereocenters. The molecule has 0 aliphatic heterocycles. The van der Waals surface area contributed by atoms with Crippen LogP contribution in [0.15, 0.2) is 30.6 Å². The van der Waals surface area contributed by atoms with Crippen molar-refractivity contribution in [3.8, 4) is 17.6 Å². The molecule has 92 valence electrons. The molecule has 5 nitrogen and oxygen atoms in total. The summed E-state index contributed by atoms with van der Waals surface area (Å²) in [5.74, 6) is 1.41. The highest BCUT2D eigenvalue weighted by molar-refractivity contribution is 5.46. The molecule has 2 rings (SSSR count). The standard InChI is InChI=1S/C13H13N3O2/c1-17-11-4-3-9(7-12(11)18-2)10(8-14)13-15-5-6-16-13/h3-7,10H,1-2H3,(H,15,16). The number of aromatic amines is 1. The first-order chi connectivity index (χ1) is 8.80. The van der Waals surface area contributed by atoms with Gasteiger partial charge in [-0.3, -0.25) is 0 Å². The molecule has 0 fully saturated rings. The average molecular weight is 243 g/mol. The number of H-pyrrole nitrogens is 1. The van der Waals surface area contributed by atoms with Gasteiger partial charge in [-0.05, 0) is 17.7 Å². The Morgan fingerprint density at radius 3 is 2.61 bits per heavy atom. The summed E-state index contributed by atoms with van der Waals surface area (Å²) in [6, 6.07) is 7.62. The molecular weight excluding hydrogens is 230 g/mol. The Bertz CT molecular complexity index is 558. The summed E-state index contributed by atoms with van der Waals surface area (Å²) in [6.45, 7) is 0. The fourth-order valence-electron chi connectivity index (χ4n) is 1.76. The van der Waals surface area contributed by atoms with E-state index in [0.717, 1.165) is 5.56 Å². The van der Waals surface area contributed by atoms with Crippen molar-refractivity contribution in [1.29, 1.82) is 5.26 Å². The number of nitrogens with one attached hydrogen (secondary N) is 1. The molecule has 0 aliphatic rings. The van der Waals surface area contributed by atoms with E-state index < -0.39 is 5.92 Å². The Kier molecular flexibility index (Phi) is 3.49. The predicted molar refractivity (Wildman–Crippen MR) is 65.6 cm³/mol. The zero-order valence-electron chi connectivity index (χ0n) is 10.2. The molecule has 0 bridgehead atoms. The largest absolute Gasteiger partial charge is 0.493 e. The number of ether oxygens (including phenoxy) is 2. The number of imidazole rings is 1. The minimum Gasteiger partial charge on any atom is -0.493 e. The number of hydrogen-bond donors (Lipinski definition) is 1. The molecular formula is C13H13N3O2. The lowest BCUT2D eigenvalue weighted by molar-refractivity contribution is 0.354. The van der Waals surface area contributed by atoms with E-state index in [1.54, 1.807) is 38.7 Å². The van der Waals surface area contributed by atoms with Crippen molar-refractivity contribution >= 4 is 0 Å². The molecule has 0 aliphatic carbocycles. The highest BCUT2D eigenvalue weighted by Gasteiger charge is 2.17. The van der Waals surface area contributed by atoms with Crippen LogP contribution in [-0.4, -0.2) is 24.2 Å². The van der Waals surface area contributed by atoms with Crippen LogP contribution in [-0.2, 0) is 0 Å². The second kappa shape index (κ2) is 5.23. The number of rotatable bonds is 4. The number of hydrogen-bond acceptors (Lipinski definition) is 4. The number of nitriles is 1. The molecule has 0 radical (unpaired) electrons. The van der Waals surface area contributed by atoms with Gasteiger partial charge in [0.25, 0.3) is 0 Å². The van der Waals surface area contributed by atoms with Crippen LogP contribution in [0.1, 0.15) is 17.3 Å². The first-order valence-corrected chi connectivity index (χ1v) is 5.41. The second-order valence-electron chi connectivity index (χ2n) is 3.65. The summed E-state index contributed by atoms with van der Waals surface area (Å²) in [5, 5.41) is 9.26. The van der Waals surface area contributed by atoms with E-state index in [4.69, 9.17) is 9.47 Å². The van der Waals surface area contributed by atoms with E-state index in [9.17, 15) is 5.26 Å². The zero-order chi connectivity index (χ0) is 13.0. The molecule has 0 amide bonds. The molecule has 0 saturated carbocycles. The van der Waals surface area contributed by atoms with Gasteiger partial charge in [-0.15, -0.1) is 0 Å². The van der Waals surface area contributed by atoms with Gasteiger partial charge >= 0.3 is 0 Å². The van der Waals surface area contributed by atoms with Crippen molar-refractivity contribution in [3.63, 3.8) is 0 Å². The number of benzene rings is 1. The molecule has 1 aromatic carbocycles. The minimum absolute atomic E-state index is 0.445. The Balaban J connectivity index is 2.41. The summed E-state index contributed by atoms with van der Waals surface area (Å²) in [6.07, 6.45) is 3.32. The van der Waals surface area contributed by atoms with Crippen LogP contribution >= 0.6 is 0 Å². The monoisotopic (exact) mass is 243 g/mol. The normalized spacial score (nSPS) is 11.6. The van der Waals surface area contributed by atoms with Gasteiger partial charge in [0, 0.05) is 12.4 Å². The molecule has 2 aromatic rings. The predicted octanol–water partition coefficient (Wildman–Crippen LogP) is 2.08. The lowest BCUT2D eigenvalue weighted by Gasteiger charge is -2.11. The smallest absolute Gasteiger partial charge is 0.161 e. The molecule has 0 spiro atoms. The summed E-state index contributed by atoms with van der Waals surface area (Å²) in [7, 11) is 3.14. The summed E-state index contributed by atoms with van der Waals surface area (Å²) in [4.78, 5) is 7.06. The van der Waals surface area contributed by atoms with E-state index in [1.807, 2.05) is 6.07 Å². The maximum absolute atomic E-state index is 9.26. The summed E-state index contributed by atoms with van der Waals surface area (Å²) < 4.78 is 10.4. The van der Waals surface area contributed by atoms with Crippen LogP contribution in [0.4, 0.5) is 0 Å². The quantitative estimate of drug-likeness (QED) is 0.892. The average Bonchev–Trinajstić information content (AvgIpc) is 2.93. The first kappa shape index (κ1) is 12.0. The van der Waals surface area contributed by atoms with Crippen LogP contribution < -0.4 is 9.47 Å². The molecule has 1 N–H and O–H groups in total. The third-order valence-corrected chi connectivity index (χ3v) is 2.66. The summed E-state index contributed by atoms with van der Waals surface area (Å²) >= 11 is 0. The van der Waals surface area contributed by atoms with Crippen LogP contribution in [0, 0.1) is 11.3 Å². The number of nitrogens with zero attached hydrogens (tertiary/aromatic N) is 2. The van der Waals surface area contributed by atoms with Gasteiger partial charge in [0.15, 0.2) is 11.5 Å². The van der Waals surface area contributed by atoms with Crippen molar-refractivity contribution < 1.29 is 9.47 Å². The van der Waals surface area contributed by atoms with E-state index in [0.29, 0.717) is 17.3 Å². The van der Waals surface area contributed by atoms with E-state index >= 15 is 0 Å². The highest BCUT2D eigenvalue weighted by atomic mass is 16.5. The van der Waals surface area contributed by atoms with Crippen molar-refractivity contribution in [2.75, 3.05) is 14.2 Å². The van der Waals surface area contributed by atoms with Crippen LogP contribution in [0.25, 0.3) is 0 Å². The molecule has 5 heteroatoms. The Labute approximate surface area is 105 Å². The van der Waals surface area contributed by atoms with Gasteiger partial charge in [0.05, 0.1) is 20.3 Å². The second-order valence-corrected chi connectivity index (χ2v) is 3.65. The highest BCUT2D eigenvalue weighted by Crippen LogP contribution is 2.31. The van der Waals surface area contributed by atoms with Gasteiger partial charge < -0.3 is 14.5 Å². The molecule has 18 heavy (non-hydrogen) atoms. The molecule has 1 aromatic heterocycles. The van der Waals surface area contributed by atoms with E-state index in [2.05, 4.69) is 16.0 Å². The van der Waals surface area contributed by atoms with E-state index in [1.165, 1.54) is 0 Å². The topological polar surface area (TPSA) is 70.9 Å². The lowest BCUT2D eigenvalue weighted by atomic mass is 9.99. The SMILES string of the molecule is COc1ccc(C(C#N)c2ncc[nH]2)cc1OC. The van der Waals surface area contributed by atoms with Gasteiger partial charge in [-0.1, -0.05) is 6.07 Å². The first-order valence-electron chi connectivity index (χ1n) is 5.41. The van der Waals surface area contributed by atoms with E-state index in [-0.39, 0.29) is 0 Å². The Hall–Kier alpha value is -2.48. The van der Waals surface area contributed by atoms with Crippen LogP contribution in [0.2, 0.25) is 0 Å².